The average Bonchev–Trinajstić information content (AvgIpc) is 2.29. The van der Waals surface area contributed by atoms with Crippen LogP contribution < -0.4 is 10.6 Å². The molecule has 0 spiro atoms. The Morgan fingerprint density at radius 3 is 2.94 bits per heavy atom. The Kier molecular flexibility index (Phi) is 5.13. The smallest absolute Gasteiger partial charge is 0.325 e. The second-order valence-corrected chi connectivity index (χ2v) is 4.07. The summed E-state index contributed by atoms with van der Waals surface area (Å²) < 4.78 is 5.34. The van der Waals surface area contributed by atoms with Crippen molar-refractivity contribution in [1.82, 2.24) is 10.3 Å². The van der Waals surface area contributed by atoms with Gasteiger partial charge in [-0.25, -0.2) is 4.98 Å². The normalized spacial score (nSPS) is 9.38. The van der Waals surface area contributed by atoms with Gasteiger partial charge >= 0.3 is 5.97 Å². The molecule has 0 bridgehead atoms. The molecule has 16 heavy (non-hydrogen) atoms. The number of carbonyl (C=O) groups excluding carboxylic acids is 1. The molecule has 0 aromatic carbocycles. The molecule has 1 heterocycles. The maximum atomic E-state index is 10.8. The van der Waals surface area contributed by atoms with E-state index in [4.69, 9.17) is 12.2 Å². The zero-order chi connectivity index (χ0) is 12.0. The number of esters is 1. The molecule has 1 rings (SSSR count). The first-order valence-corrected chi connectivity index (χ1v) is 5.55. The predicted molar refractivity (Wildman–Crippen MR) is 68.2 cm³/mol. The van der Waals surface area contributed by atoms with Gasteiger partial charge in [-0.3, -0.25) is 4.79 Å². The molecule has 0 aliphatic rings. The van der Waals surface area contributed by atoms with E-state index in [1.54, 1.807) is 12.3 Å². The lowest BCUT2D eigenvalue weighted by molar-refractivity contribution is -0.139. The molecule has 0 radical (unpaired) electrons. The molecule has 1 aromatic heterocycles. The van der Waals surface area contributed by atoms with E-state index in [1.165, 1.54) is 7.11 Å². The van der Waals surface area contributed by atoms with Gasteiger partial charge in [-0.15, -0.1) is 0 Å². The number of hydrogen-bond donors (Lipinski definition) is 2. The fraction of sp³-hybridized carbons (Fsp3) is 0.222. The highest BCUT2D eigenvalue weighted by molar-refractivity contribution is 9.10. The first-order chi connectivity index (χ1) is 7.61. The summed E-state index contributed by atoms with van der Waals surface area (Å²) in [4.78, 5) is 14.9. The van der Waals surface area contributed by atoms with Crippen LogP contribution >= 0.6 is 28.1 Å². The molecule has 0 saturated carbocycles. The fourth-order valence-corrected chi connectivity index (χ4v) is 1.25. The summed E-state index contributed by atoms with van der Waals surface area (Å²) in [7, 11) is 1.32. The van der Waals surface area contributed by atoms with E-state index in [0.29, 0.717) is 10.9 Å². The van der Waals surface area contributed by atoms with Crippen molar-refractivity contribution in [3.63, 3.8) is 0 Å². The highest BCUT2D eigenvalue weighted by Crippen LogP contribution is 2.10. The molecule has 5 nitrogen and oxygen atoms in total. The summed E-state index contributed by atoms with van der Waals surface area (Å²) in [5.74, 6) is 0.221. The van der Waals surface area contributed by atoms with Crippen LogP contribution in [0.3, 0.4) is 0 Å². The number of pyridine rings is 1. The minimum absolute atomic E-state index is 0.0266. The molecule has 0 unspecified atom stereocenters. The van der Waals surface area contributed by atoms with Crippen molar-refractivity contribution < 1.29 is 9.53 Å². The minimum atomic E-state index is -0.382. The molecule has 0 saturated heterocycles. The van der Waals surface area contributed by atoms with Crippen molar-refractivity contribution in [2.75, 3.05) is 19.0 Å². The number of thiocarbonyl (C=S) groups is 1. The standard InChI is InChI=1S/C9H10BrN3O2S/c1-15-8(14)5-12-9(16)13-7-3-2-6(10)4-11-7/h2-4H,5H2,1H3,(H2,11,12,13,16). The SMILES string of the molecule is COC(=O)CNC(=S)Nc1ccc(Br)cn1. The monoisotopic (exact) mass is 303 g/mol. The van der Waals surface area contributed by atoms with Gasteiger partial charge in [0.1, 0.15) is 12.4 Å². The van der Waals surface area contributed by atoms with Crippen LogP contribution in [0.25, 0.3) is 0 Å². The third-order valence-electron chi connectivity index (χ3n) is 1.59. The molecule has 2 N–H and O–H groups in total. The van der Waals surface area contributed by atoms with Gasteiger partial charge in [0.2, 0.25) is 0 Å². The molecule has 0 atom stereocenters. The number of anilines is 1. The second-order valence-electron chi connectivity index (χ2n) is 2.75. The van der Waals surface area contributed by atoms with Gasteiger partial charge in [-0.05, 0) is 40.3 Å². The molecule has 1 aromatic rings. The van der Waals surface area contributed by atoms with Crippen LogP contribution in [0.1, 0.15) is 0 Å². The largest absolute Gasteiger partial charge is 0.468 e. The van der Waals surface area contributed by atoms with E-state index in [0.717, 1.165) is 4.47 Å². The second kappa shape index (κ2) is 6.39. The first kappa shape index (κ1) is 12.9. The molecule has 0 fully saturated rings. The first-order valence-electron chi connectivity index (χ1n) is 4.35. The van der Waals surface area contributed by atoms with Gasteiger partial charge in [0.25, 0.3) is 0 Å². The van der Waals surface area contributed by atoms with Gasteiger partial charge < -0.3 is 15.4 Å². The van der Waals surface area contributed by atoms with Gasteiger partial charge in [-0.2, -0.15) is 0 Å². The minimum Gasteiger partial charge on any atom is -0.468 e. The summed E-state index contributed by atoms with van der Waals surface area (Å²) in [5.41, 5.74) is 0. The topological polar surface area (TPSA) is 63.2 Å². The summed E-state index contributed by atoms with van der Waals surface area (Å²) >= 11 is 8.22. The Bertz CT molecular complexity index is 383. The van der Waals surface area contributed by atoms with Crippen LogP contribution in [0.15, 0.2) is 22.8 Å². The maximum Gasteiger partial charge on any atom is 0.325 e. The van der Waals surface area contributed by atoms with E-state index >= 15 is 0 Å². The van der Waals surface area contributed by atoms with Gasteiger partial charge in [0.15, 0.2) is 5.11 Å². The number of methoxy groups -OCH3 is 1. The van der Waals surface area contributed by atoms with Crippen molar-refractivity contribution in [2.24, 2.45) is 0 Å². The molecule has 86 valence electrons. The van der Waals surface area contributed by atoms with E-state index in [1.807, 2.05) is 6.07 Å². The lowest BCUT2D eigenvalue weighted by atomic mass is 10.5. The van der Waals surface area contributed by atoms with Crippen molar-refractivity contribution in [2.45, 2.75) is 0 Å². The highest BCUT2D eigenvalue weighted by atomic mass is 79.9. The van der Waals surface area contributed by atoms with Crippen LogP contribution in [-0.2, 0) is 9.53 Å². The average molecular weight is 304 g/mol. The van der Waals surface area contributed by atoms with Gasteiger partial charge in [0, 0.05) is 10.7 Å². The third-order valence-corrected chi connectivity index (χ3v) is 2.31. The number of nitrogens with zero attached hydrogens (tertiary/aromatic N) is 1. The summed E-state index contributed by atoms with van der Waals surface area (Å²) in [6, 6.07) is 3.59. The fourth-order valence-electron chi connectivity index (χ4n) is 0.835. The zero-order valence-electron chi connectivity index (χ0n) is 8.49. The number of rotatable bonds is 3. The van der Waals surface area contributed by atoms with E-state index in [9.17, 15) is 4.79 Å². The number of aromatic nitrogens is 1. The molecular formula is C9H10BrN3O2S. The van der Waals surface area contributed by atoms with Crippen molar-refractivity contribution in [3.8, 4) is 0 Å². The van der Waals surface area contributed by atoms with Crippen molar-refractivity contribution >= 4 is 45.0 Å². The Morgan fingerprint density at radius 1 is 1.62 bits per heavy atom. The van der Waals surface area contributed by atoms with E-state index in [-0.39, 0.29) is 12.5 Å². The molecule has 0 aliphatic heterocycles. The van der Waals surface area contributed by atoms with E-state index < -0.39 is 0 Å². The molecule has 0 amide bonds. The van der Waals surface area contributed by atoms with Crippen LogP contribution in [-0.4, -0.2) is 29.7 Å². The third kappa shape index (κ3) is 4.54. The van der Waals surface area contributed by atoms with Crippen LogP contribution in [0.5, 0.6) is 0 Å². The van der Waals surface area contributed by atoms with Gasteiger partial charge in [-0.1, -0.05) is 0 Å². The maximum absolute atomic E-state index is 10.8. The molecule has 0 aliphatic carbocycles. The molecule has 7 heteroatoms. The van der Waals surface area contributed by atoms with Crippen LogP contribution in [0, 0.1) is 0 Å². The summed E-state index contributed by atoms with van der Waals surface area (Å²) in [6.07, 6.45) is 1.64. The Hall–Kier alpha value is -1.21. The Morgan fingerprint density at radius 2 is 2.38 bits per heavy atom. The molecular weight excluding hydrogens is 294 g/mol. The van der Waals surface area contributed by atoms with Crippen LogP contribution in [0.2, 0.25) is 0 Å². The lowest BCUT2D eigenvalue weighted by Gasteiger charge is -2.08. The lowest BCUT2D eigenvalue weighted by Crippen LogP contribution is -2.33. The summed E-state index contributed by atoms with van der Waals surface area (Å²) in [6.45, 7) is 0.0266. The van der Waals surface area contributed by atoms with Crippen molar-refractivity contribution in [3.05, 3.63) is 22.8 Å². The summed E-state index contributed by atoms with van der Waals surface area (Å²) in [5, 5.41) is 5.84. The quantitative estimate of drug-likeness (QED) is 0.648. The zero-order valence-corrected chi connectivity index (χ0v) is 10.9. The van der Waals surface area contributed by atoms with Crippen molar-refractivity contribution in [1.29, 1.82) is 0 Å². The number of ether oxygens (including phenoxy) is 1. The number of halogens is 1. The Labute approximate surface area is 107 Å². The van der Waals surface area contributed by atoms with Gasteiger partial charge in [0.05, 0.1) is 7.11 Å². The number of nitrogens with one attached hydrogen (secondary N) is 2. The predicted octanol–water partition coefficient (Wildman–Crippen LogP) is 1.30. The highest BCUT2D eigenvalue weighted by Gasteiger charge is 2.02. The van der Waals surface area contributed by atoms with Crippen LogP contribution in [0.4, 0.5) is 5.82 Å². The van der Waals surface area contributed by atoms with E-state index in [2.05, 4.69) is 36.3 Å². The Balaban J connectivity index is 2.40. The number of hydrogen-bond acceptors (Lipinski definition) is 4. The number of carbonyl (C=O) groups is 1.